The smallest absolute Gasteiger partial charge is 0.466 e. The van der Waals surface area contributed by atoms with Crippen LogP contribution in [0.4, 0.5) is 4.39 Å². The molecule has 0 amide bonds. The zero-order chi connectivity index (χ0) is 23.9. The SMILES string of the molecule is CCCCC(F)C(CC[C@H]1C(OP)CC(O)C1C/C=C\CCCC(=O)OCC)O[Si+](C)C. The Hall–Kier alpha value is -0.333. The molecule has 0 aromatic heterocycles. The van der Waals surface area contributed by atoms with Gasteiger partial charge in [0, 0.05) is 22.3 Å². The molecule has 32 heavy (non-hydrogen) atoms. The molecule has 7 atom stereocenters. The number of aliphatic hydroxyl groups is 1. The summed E-state index contributed by atoms with van der Waals surface area (Å²) in [6.07, 6.45) is 9.61. The minimum absolute atomic E-state index is 0.0420. The fourth-order valence-electron chi connectivity index (χ4n) is 4.56. The molecule has 0 spiro atoms. The monoisotopic (exact) mass is 491 g/mol. The number of esters is 1. The predicted molar refractivity (Wildman–Crippen MR) is 132 cm³/mol. The van der Waals surface area contributed by atoms with E-state index in [1.807, 2.05) is 20.0 Å². The van der Waals surface area contributed by atoms with Gasteiger partial charge in [0.05, 0.1) is 31.9 Å². The maximum Gasteiger partial charge on any atom is 0.467 e. The molecule has 0 radical (unpaired) electrons. The van der Waals surface area contributed by atoms with Crippen molar-refractivity contribution in [2.45, 2.75) is 116 Å². The summed E-state index contributed by atoms with van der Waals surface area (Å²) in [5, 5.41) is 10.6. The first-order valence-electron chi connectivity index (χ1n) is 12.3. The van der Waals surface area contributed by atoms with Gasteiger partial charge in [-0.05, 0) is 57.3 Å². The van der Waals surface area contributed by atoms with Gasteiger partial charge in [0.1, 0.15) is 12.3 Å². The topological polar surface area (TPSA) is 65.0 Å². The standard InChI is InChI=1S/C24H45FO5PSi/c1-5-7-13-20(25)22(30-32(3)4)16-15-19-18(21(26)17-23(19)29-31)12-10-8-9-11-14-24(27)28-6-2/h8,10,18-23,26H,5-7,9,11-17,31H2,1-4H3/q+1/b10-8-/t18?,19-,20?,21?,22?,23?/m1/s1. The van der Waals surface area contributed by atoms with Crippen LogP contribution < -0.4 is 0 Å². The number of unbranched alkanes of at least 4 members (excludes halogenated alkanes) is 2. The third-order valence-corrected chi connectivity index (χ3v) is 7.33. The number of hydrogen-bond acceptors (Lipinski definition) is 5. The highest BCUT2D eigenvalue weighted by Crippen LogP contribution is 2.41. The second-order valence-electron chi connectivity index (χ2n) is 9.01. The Bertz CT molecular complexity index is 537. The van der Waals surface area contributed by atoms with E-state index >= 15 is 0 Å². The van der Waals surface area contributed by atoms with Crippen LogP contribution in [0.15, 0.2) is 12.2 Å². The molecule has 0 aromatic rings. The number of alkyl halides is 1. The van der Waals surface area contributed by atoms with Gasteiger partial charge in [-0.25, -0.2) is 8.82 Å². The number of carbonyl (C=O) groups excluding carboxylic acids is 1. The van der Waals surface area contributed by atoms with Crippen LogP contribution >= 0.6 is 9.47 Å². The van der Waals surface area contributed by atoms with Crippen molar-refractivity contribution in [3.63, 3.8) is 0 Å². The van der Waals surface area contributed by atoms with Gasteiger partial charge in [0.2, 0.25) is 0 Å². The summed E-state index contributed by atoms with van der Waals surface area (Å²) in [6, 6.07) is 0. The first-order valence-corrected chi connectivity index (χ1v) is 15.2. The van der Waals surface area contributed by atoms with Gasteiger partial charge < -0.3 is 14.4 Å². The molecule has 0 heterocycles. The van der Waals surface area contributed by atoms with Crippen LogP contribution in [0, 0.1) is 11.8 Å². The second kappa shape index (κ2) is 17.2. The van der Waals surface area contributed by atoms with Crippen molar-refractivity contribution in [2.24, 2.45) is 11.8 Å². The van der Waals surface area contributed by atoms with Gasteiger partial charge >= 0.3 is 15.0 Å². The van der Waals surface area contributed by atoms with Crippen LogP contribution in [0.5, 0.6) is 0 Å². The van der Waals surface area contributed by atoms with Crippen molar-refractivity contribution in [1.29, 1.82) is 0 Å². The Morgan fingerprint density at radius 3 is 2.59 bits per heavy atom. The summed E-state index contributed by atoms with van der Waals surface area (Å²) >= 11 is 0. The van der Waals surface area contributed by atoms with E-state index in [-0.39, 0.29) is 30.0 Å². The molecule has 186 valence electrons. The van der Waals surface area contributed by atoms with Crippen LogP contribution in [-0.4, -0.2) is 51.2 Å². The van der Waals surface area contributed by atoms with Crippen molar-refractivity contribution < 1.29 is 28.0 Å². The van der Waals surface area contributed by atoms with Crippen LogP contribution in [0.1, 0.15) is 78.1 Å². The number of carbonyl (C=O) groups is 1. The summed E-state index contributed by atoms with van der Waals surface area (Å²) in [6.45, 7) is 8.40. The molecular formula is C24H45FO5PSi+. The number of hydrogen-bond donors (Lipinski definition) is 1. The van der Waals surface area contributed by atoms with Crippen molar-refractivity contribution in [3.8, 4) is 0 Å². The number of ether oxygens (including phenoxy) is 1. The zero-order valence-corrected chi connectivity index (χ0v) is 22.6. The zero-order valence-electron chi connectivity index (χ0n) is 20.4. The summed E-state index contributed by atoms with van der Waals surface area (Å²) in [5.74, 6) is 0.0999. The lowest BCUT2D eigenvalue weighted by Gasteiger charge is -2.26. The van der Waals surface area contributed by atoms with Gasteiger partial charge in [0.15, 0.2) is 0 Å². The highest BCUT2D eigenvalue weighted by Gasteiger charge is 2.43. The highest BCUT2D eigenvalue weighted by molar-refractivity contribution is 7.09. The van der Waals surface area contributed by atoms with Gasteiger partial charge in [-0.1, -0.05) is 31.9 Å². The van der Waals surface area contributed by atoms with Gasteiger partial charge in [-0.2, -0.15) is 0 Å². The quantitative estimate of drug-likeness (QED) is 0.0918. The van der Waals surface area contributed by atoms with E-state index in [4.69, 9.17) is 13.7 Å². The third-order valence-electron chi connectivity index (χ3n) is 6.21. The fourth-order valence-corrected chi connectivity index (χ4v) is 5.75. The van der Waals surface area contributed by atoms with E-state index in [9.17, 15) is 14.3 Å². The van der Waals surface area contributed by atoms with Crippen molar-refractivity contribution in [3.05, 3.63) is 12.2 Å². The number of rotatable bonds is 17. The summed E-state index contributed by atoms with van der Waals surface area (Å²) in [5.41, 5.74) is 0. The highest BCUT2D eigenvalue weighted by atomic mass is 31.0. The normalized spacial score (nSPS) is 25.2. The maximum absolute atomic E-state index is 14.8. The van der Waals surface area contributed by atoms with E-state index in [1.54, 1.807) is 0 Å². The number of allylic oxidation sites excluding steroid dienone is 2. The Morgan fingerprint density at radius 2 is 1.97 bits per heavy atom. The van der Waals surface area contributed by atoms with Crippen LogP contribution in [0.2, 0.25) is 13.1 Å². The lowest BCUT2D eigenvalue weighted by atomic mass is 9.85. The first kappa shape index (κ1) is 29.7. The van der Waals surface area contributed by atoms with E-state index < -0.39 is 21.3 Å². The van der Waals surface area contributed by atoms with E-state index in [1.165, 1.54) is 0 Å². The minimum atomic E-state index is -0.991. The van der Waals surface area contributed by atoms with Crippen LogP contribution in [0.3, 0.4) is 0 Å². The Balaban J connectivity index is 2.62. The predicted octanol–water partition coefficient (Wildman–Crippen LogP) is 5.78. The molecule has 1 rings (SSSR count). The molecule has 8 heteroatoms. The van der Waals surface area contributed by atoms with Crippen LogP contribution in [0.25, 0.3) is 0 Å². The van der Waals surface area contributed by atoms with Gasteiger partial charge in [-0.15, -0.1) is 0 Å². The van der Waals surface area contributed by atoms with E-state index in [0.717, 1.165) is 38.5 Å². The Morgan fingerprint density at radius 1 is 1.22 bits per heavy atom. The Kier molecular flexibility index (Phi) is 15.9. The minimum Gasteiger partial charge on any atom is -0.466 e. The molecule has 0 saturated heterocycles. The lowest BCUT2D eigenvalue weighted by molar-refractivity contribution is -0.143. The van der Waals surface area contributed by atoms with Crippen LogP contribution in [-0.2, 0) is 18.5 Å². The fraction of sp³-hybridized carbons (Fsp3) is 0.875. The summed E-state index contributed by atoms with van der Waals surface area (Å²) < 4.78 is 31.4. The summed E-state index contributed by atoms with van der Waals surface area (Å²) in [7, 11) is 1.35. The van der Waals surface area contributed by atoms with Crippen molar-refractivity contribution in [1.82, 2.24) is 0 Å². The van der Waals surface area contributed by atoms with Gasteiger partial charge in [0.25, 0.3) is 0 Å². The second-order valence-corrected chi connectivity index (χ2v) is 11.3. The largest absolute Gasteiger partial charge is 0.467 e. The van der Waals surface area contributed by atoms with Crippen molar-refractivity contribution >= 4 is 24.5 Å². The number of aliphatic hydroxyl groups excluding tert-OH is 1. The molecule has 1 N–H and O–H groups in total. The third kappa shape index (κ3) is 11.2. The van der Waals surface area contributed by atoms with Crippen molar-refractivity contribution in [2.75, 3.05) is 6.61 Å². The Labute approximate surface area is 198 Å². The average Bonchev–Trinajstić information content (AvgIpc) is 3.06. The molecule has 0 aliphatic heterocycles. The molecule has 0 aromatic carbocycles. The molecular weight excluding hydrogens is 446 g/mol. The summed E-state index contributed by atoms with van der Waals surface area (Å²) in [4.78, 5) is 11.4. The molecule has 1 aliphatic carbocycles. The lowest BCUT2D eigenvalue weighted by Crippen LogP contribution is -2.32. The molecule has 1 aliphatic rings. The molecule has 0 bridgehead atoms. The maximum atomic E-state index is 14.8. The average molecular weight is 492 g/mol. The molecule has 1 saturated carbocycles. The van der Waals surface area contributed by atoms with Gasteiger partial charge in [-0.3, -0.25) is 4.79 Å². The van der Waals surface area contributed by atoms with E-state index in [0.29, 0.717) is 32.3 Å². The molecule has 6 unspecified atom stereocenters. The number of halogens is 1. The molecule has 5 nitrogen and oxygen atoms in total. The molecule has 1 fully saturated rings. The van der Waals surface area contributed by atoms with E-state index in [2.05, 4.69) is 28.5 Å². The first-order chi connectivity index (χ1) is 15.3.